The number of anilines is 2. The fourth-order valence-corrected chi connectivity index (χ4v) is 4.96. The van der Waals surface area contributed by atoms with Crippen LogP contribution in [-0.2, 0) is 9.59 Å². The van der Waals surface area contributed by atoms with Crippen molar-refractivity contribution in [2.45, 2.75) is 32.7 Å². The van der Waals surface area contributed by atoms with E-state index >= 15 is 0 Å². The third kappa shape index (κ3) is 3.25. The Morgan fingerprint density at radius 3 is 2.74 bits per heavy atom. The topological polar surface area (TPSA) is 69.6 Å². The molecule has 6 heteroatoms. The molecule has 0 saturated heterocycles. The number of nitrogens with zero attached hydrogens (tertiary/aromatic N) is 1. The molecule has 5 nitrogen and oxygen atoms in total. The standard InChI is InChI=1S/C21H22N2O3S/c1-21(2)10-14-19(16(24)11-21)20(17-8-5-9-27-17)23(12-18(25)26)15-7-4-3-6-13(15)22-14/h3-9,20,22H,10-12H2,1-2H3,(H,25,26). The Morgan fingerprint density at radius 1 is 1.26 bits per heavy atom. The second kappa shape index (κ2) is 6.53. The molecule has 140 valence electrons. The van der Waals surface area contributed by atoms with E-state index in [1.54, 1.807) is 11.3 Å². The van der Waals surface area contributed by atoms with Gasteiger partial charge in [-0.05, 0) is 35.4 Å². The highest BCUT2D eigenvalue weighted by molar-refractivity contribution is 7.10. The second-order valence-electron chi connectivity index (χ2n) is 7.91. The summed E-state index contributed by atoms with van der Waals surface area (Å²) in [6.07, 6.45) is 1.22. The number of Topliss-reactive ketones (excluding diaryl/α,β-unsaturated/α-hetero) is 1. The molecule has 0 amide bonds. The number of benzene rings is 1. The van der Waals surface area contributed by atoms with Crippen molar-refractivity contribution in [3.63, 3.8) is 0 Å². The number of carboxylic acids is 1. The molecule has 2 aliphatic rings. The van der Waals surface area contributed by atoms with Crippen LogP contribution in [0.5, 0.6) is 0 Å². The normalized spacial score (nSPS) is 21.2. The summed E-state index contributed by atoms with van der Waals surface area (Å²) in [5.41, 5.74) is 3.14. The molecule has 1 aliphatic heterocycles. The van der Waals surface area contributed by atoms with E-state index < -0.39 is 12.0 Å². The number of nitrogens with one attached hydrogen (secondary N) is 1. The van der Waals surface area contributed by atoms with Gasteiger partial charge >= 0.3 is 5.97 Å². The number of allylic oxidation sites excluding steroid dienone is 1. The Balaban J connectivity index is 1.96. The first-order chi connectivity index (χ1) is 12.9. The first-order valence-electron chi connectivity index (χ1n) is 9.00. The lowest BCUT2D eigenvalue weighted by atomic mass is 9.74. The molecule has 27 heavy (non-hydrogen) atoms. The molecule has 1 aromatic heterocycles. The minimum Gasteiger partial charge on any atom is -0.480 e. The molecule has 1 aliphatic carbocycles. The molecule has 0 bridgehead atoms. The van der Waals surface area contributed by atoms with Crippen LogP contribution in [-0.4, -0.2) is 23.4 Å². The molecule has 1 aromatic carbocycles. The average molecular weight is 382 g/mol. The van der Waals surface area contributed by atoms with Crippen molar-refractivity contribution in [2.24, 2.45) is 5.41 Å². The van der Waals surface area contributed by atoms with Gasteiger partial charge in [0.2, 0.25) is 0 Å². The maximum atomic E-state index is 13.2. The van der Waals surface area contributed by atoms with Gasteiger partial charge in [0.1, 0.15) is 6.54 Å². The fourth-order valence-electron chi connectivity index (χ4n) is 4.12. The summed E-state index contributed by atoms with van der Waals surface area (Å²) in [7, 11) is 0. The van der Waals surface area contributed by atoms with Crippen LogP contribution in [0.25, 0.3) is 0 Å². The maximum Gasteiger partial charge on any atom is 0.323 e. The second-order valence-corrected chi connectivity index (χ2v) is 8.89. The van der Waals surface area contributed by atoms with Crippen LogP contribution in [0.2, 0.25) is 0 Å². The third-order valence-electron chi connectivity index (χ3n) is 5.12. The van der Waals surface area contributed by atoms with Gasteiger partial charge in [-0.3, -0.25) is 9.59 Å². The highest BCUT2D eigenvalue weighted by Crippen LogP contribution is 2.48. The van der Waals surface area contributed by atoms with Crippen LogP contribution in [0, 0.1) is 5.41 Å². The van der Waals surface area contributed by atoms with Gasteiger partial charge < -0.3 is 15.3 Å². The third-order valence-corrected chi connectivity index (χ3v) is 6.05. The first-order valence-corrected chi connectivity index (χ1v) is 9.88. The molecule has 2 N–H and O–H groups in total. The molecule has 4 rings (SSSR count). The molecule has 2 aromatic rings. The highest BCUT2D eigenvalue weighted by atomic mass is 32.1. The predicted molar refractivity (Wildman–Crippen MR) is 107 cm³/mol. The molecule has 1 unspecified atom stereocenters. The number of fused-ring (bicyclic) bond motifs is 1. The van der Waals surface area contributed by atoms with Gasteiger partial charge in [-0.2, -0.15) is 0 Å². The molecule has 1 atom stereocenters. The van der Waals surface area contributed by atoms with Gasteiger partial charge in [0.05, 0.1) is 17.4 Å². The van der Waals surface area contributed by atoms with E-state index in [0.717, 1.165) is 28.4 Å². The Morgan fingerprint density at radius 2 is 2.04 bits per heavy atom. The Hall–Kier alpha value is -2.60. The van der Waals surface area contributed by atoms with Crippen molar-refractivity contribution in [3.8, 4) is 0 Å². The van der Waals surface area contributed by atoms with Crippen molar-refractivity contribution < 1.29 is 14.7 Å². The van der Waals surface area contributed by atoms with E-state index in [1.807, 2.05) is 46.7 Å². The SMILES string of the molecule is CC1(C)CC(=O)C2=C(C1)Nc1ccccc1N(CC(=O)O)C2c1cccs1. The van der Waals surface area contributed by atoms with Gasteiger partial charge in [-0.15, -0.1) is 11.3 Å². The van der Waals surface area contributed by atoms with Gasteiger partial charge in [-0.25, -0.2) is 0 Å². The van der Waals surface area contributed by atoms with E-state index in [-0.39, 0.29) is 17.7 Å². The van der Waals surface area contributed by atoms with Crippen LogP contribution >= 0.6 is 11.3 Å². The average Bonchev–Trinajstić information content (AvgIpc) is 3.06. The molecule has 0 fully saturated rings. The number of carbonyl (C=O) groups is 2. The van der Waals surface area contributed by atoms with Gasteiger partial charge in [0, 0.05) is 22.6 Å². The van der Waals surface area contributed by atoms with Crippen molar-refractivity contribution in [1.29, 1.82) is 0 Å². The number of thiophene rings is 1. The largest absolute Gasteiger partial charge is 0.480 e. The summed E-state index contributed by atoms with van der Waals surface area (Å²) >= 11 is 1.55. The smallest absolute Gasteiger partial charge is 0.323 e. The monoisotopic (exact) mass is 382 g/mol. The number of rotatable bonds is 3. The van der Waals surface area contributed by atoms with Gasteiger partial charge in [0.25, 0.3) is 0 Å². The van der Waals surface area contributed by atoms with E-state index in [4.69, 9.17) is 0 Å². The number of hydrogen-bond acceptors (Lipinski definition) is 5. The van der Waals surface area contributed by atoms with Crippen LogP contribution in [0.4, 0.5) is 11.4 Å². The lowest BCUT2D eigenvalue weighted by Crippen LogP contribution is -2.38. The van der Waals surface area contributed by atoms with Crippen molar-refractivity contribution in [1.82, 2.24) is 0 Å². The molecular weight excluding hydrogens is 360 g/mol. The summed E-state index contributed by atoms with van der Waals surface area (Å²) in [6, 6.07) is 11.2. The fraction of sp³-hybridized carbons (Fsp3) is 0.333. The van der Waals surface area contributed by atoms with Crippen LogP contribution in [0.3, 0.4) is 0 Å². The molecule has 0 radical (unpaired) electrons. The zero-order chi connectivity index (χ0) is 19.2. The quantitative estimate of drug-likeness (QED) is 0.821. The van der Waals surface area contributed by atoms with Crippen molar-refractivity contribution >= 4 is 34.5 Å². The summed E-state index contributed by atoms with van der Waals surface area (Å²) in [6.45, 7) is 4.03. The summed E-state index contributed by atoms with van der Waals surface area (Å²) < 4.78 is 0. The summed E-state index contributed by atoms with van der Waals surface area (Å²) in [5, 5.41) is 15.0. The van der Waals surface area contributed by atoms with Crippen molar-refractivity contribution in [3.05, 3.63) is 57.9 Å². The Kier molecular flexibility index (Phi) is 4.30. The molecule has 0 saturated carbocycles. The van der Waals surface area contributed by atoms with Crippen LogP contribution in [0.1, 0.15) is 37.6 Å². The Bertz CT molecular complexity index is 931. The molecular formula is C21H22N2O3S. The lowest BCUT2D eigenvalue weighted by Gasteiger charge is -2.36. The van der Waals surface area contributed by atoms with Gasteiger partial charge in [0.15, 0.2) is 5.78 Å². The minimum absolute atomic E-state index is 0.0929. The number of hydrogen-bond donors (Lipinski definition) is 2. The maximum absolute atomic E-state index is 13.2. The number of para-hydroxylation sites is 2. The van der Waals surface area contributed by atoms with E-state index in [2.05, 4.69) is 19.2 Å². The lowest BCUT2D eigenvalue weighted by molar-refractivity contribution is -0.135. The minimum atomic E-state index is -0.918. The Labute approximate surface area is 162 Å². The summed E-state index contributed by atoms with van der Waals surface area (Å²) in [4.78, 5) is 27.7. The number of aliphatic carboxylic acids is 1. The molecule has 0 spiro atoms. The zero-order valence-corrected chi connectivity index (χ0v) is 16.2. The number of carbonyl (C=O) groups excluding carboxylic acids is 1. The van der Waals surface area contributed by atoms with Crippen molar-refractivity contribution in [2.75, 3.05) is 16.8 Å². The molecule has 2 heterocycles. The summed E-state index contributed by atoms with van der Waals surface area (Å²) in [5.74, 6) is -0.825. The van der Waals surface area contributed by atoms with E-state index in [0.29, 0.717) is 12.0 Å². The zero-order valence-electron chi connectivity index (χ0n) is 15.4. The first kappa shape index (κ1) is 17.8. The van der Waals surface area contributed by atoms with Crippen LogP contribution in [0.15, 0.2) is 53.0 Å². The van der Waals surface area contributed by atoms with Gasteiger partial charge in [-0.1, -0.05) is 32.0 Å². The number of carboxylic acid groups (broad SMARTS) is 1. The highest BCUT2D eigenvalue weighted by Gasteiger charge is 2.42. The predicted octanol–water partition coefficient (Wildman–Crippen LogP) is 4.45. The van der Waals surface area contributed by atoms with Crippen LogP contribution < -0.4 is 10.2 Å². The number of ketones is 1. The van der Waals surface area contributed by atoms with E-state index in [9.17, 15) is 14.7 Å². The van der Waals surface area contributed by atoms with E-state index in [1.165, 1.54) is 0 Å².